The van der Waals surface area contributed by atoms with Crippen LogP contribution in [0, 0.1) is 0 Å². The van der Waals surface area contributed by atoms with Crippen LogP contribution in [0.3, 0.4) is 0 Å². The minimum atomic E-state index is -0.760. The Morgan fingerprint density at radius 2 is 1.69 bits per heavy atom. The number of carbonyl (C=O) groups excluding carboxylic acids is 2. The first-order chi connectivity index (χ1) is 12.4. The van der Waals surface area contributed by atoms with Crippen molar-refractivity contribution in [2.24, 2.45) is 11.5 Å². The number of amides is 3. The Hall–Kier alpha value is -2.46. The number of carbonyl (C=O) groups is 2. The van der Waals surface area contributed by atoms with Crippen LogP contribution >= 0.6 is 11.3 Å². The number of primary amides is 2. The molecule has 0 spiro atoms. The number of urea groups is 1. The molecular weight excluding hydrogens is 356 g/mol. The van der Waals surface area contributed by atoms with Crippen LogP contribution in [-0.4, -0.2) is 53.4 Å². The summed E-state index contributed by atoms with van der Waals surface area (Å²) in [7, 11) is 0. The Bertz CT molecular complexity index is 755. The van der Waals surface area contributed by atoms with Gasteiger partial charge in [0.1, 0.15) is 5.00 Å². The zero-order valence-electron chi connectivity index (χ0n) is 14.1. The third kappa shape index (κ3) is 5.27. The van der Waals surface area contributed by atoms with Crippen LogP contribution in [0.25, 0.3) is 10.4 Å². The van der Waals surface area contributed by atoms with Crippen LogP contribution in [0.2, 0.25) is 0 Å². The number of thiophene rings is 1. The molecule has 0 unspecified atom stereocenters. The summed E-state index contributed by atoms with van der Waals surface area (Å²) in [6.45, 7) is 1.62. The third-order valence-electron chi connectivity index (χ3n) is 3.71. The molecule has 1 heterocycles. The number of nitrogens with zero attached hydrogens (tertiary/aromatic N) is 1. The minimum Gasteiger partial charge on any atom is -0.395 e. The van der Waals surface area contributed by atoms with Crippen molar-refractivity contribution in [1.29, 1.82) is 0 Å². The van der Waals surface area contributed by atoms with Gasteiger partial charge in [0.2, 0.25) is 0 Å². The molecule has 0 fully saturated rings. The summed E-state index contributed by atoms with van der Waals surface area (Å²) in [5, 5.41) is 20.9. The Morgan fingerprint density at radius 1 is 1.08 bits per heavy atom. The molecule has 0 atom stereocenters. The van der Waals surface area contributed by atoms with Crippen molar-refractivity contribution in [2.45, 2.75) is 6.54 Å². The van der Waals surface area contributed by atoms with E-state index in [4.69, 9.17) is 21.7 Å². The summed E-state index contributed by atoms with van der Waals surface area (Å²) in [4.78, 5) is 25.3. The fourth-order valence-corrected chi connectivity index (χ4v) is 3.58. The number of anilines is 1. The zero-order chi connectivity index (χ0) is 19.1. The van der Waals surface area contributed by atoms with E-state index in [2.05, 4.69) is 5.32 Å². The van der Waals surface area contributed by atoms with Crippen LogP contribution in [0.15, 0.2) is 30.3 Å². The molecule has 1 aromatic heterocycles. The molecule has 2 aromatic rings. The maximum absolute atomic E-state index is 11.5. The average Bonchev–Trinajstić information content (AvgIpc) is 2.99. The summed E-state index contributed by atoms with van der Waals surface area (Å²) in [6, 6.07) is 8.52. The zero-order valence-corrected chi connectivity index (χ0v) is 15.0. The van der Waals surface area contributed by atoms with Crippen molar-refractivity contribution in [1.82, 2.24) is 4.90 Å². The number of rotatable bonds is 9. The number of aliphatic hydroxyl groups excluding tert-OH is 2. The van der Waals surface area contributed by atoms with Gasteiger partial charge >= 0.3 is 6.03 Å². The maximum Gasteiger partial charge on any atom is 0.317 e. The SMILES string of the molecule is NC(=O)Nc1sc(-c2ccc(CN(CCO)CCO)cc2)cc1C(N)=O. The van der Waals surface area contributed by atoms with Gasteiger partial charge in [-0.05, 0) is 17.2 Å². The molecule has 0 saturated carbocycles. The van der Waals surface area contributed by atoms with Gasteiger partial charge < -0.3 is 21.7 Å². The standard InChI is InChI=1S/C17H22N4O4S/c18-15(24)13-9-14(26-16(13)20-17(19)25)12-3-1-11(2-4-12)10-21(5-7-22)6-8-23/h1-4,9,22-23H,5-8,10H2,(H2,18,24)(H3,19,20,25). The first kappa shape index (κ1) is 19.9. The fourth-order valence-electron chi connectivity index (χ4n) is 2.51. The second-order valence-corrected chi connectivity index (χ2v) is 6.68. The Kier molecular flexibility index (Phi) is 7.10. The van der Waals surface area contributed by atoms with E-state index in [9.17, 15) is 9.59 Å². The van der Waals surface area contributed by atoms with E-state index >= 15 is 0 Å². The number of benzene rings is 1. The van der Waals surface area contributed by atoms with E-state index in [-0.39, 0.29) is 18.8 Å². The first-order valence-corrected chi connectivity index (χ1v) is 8.79. The van der Waals surface area contributed by atoms with Crippen LogP contribution in [0.5, 0.6) is 0 Å². The van der Waals surface area contributed by atoms with Gasteiger partial charge in [0.25, 0.3) is 5.91 Å². The van der Waals surface area contributed by atoms with Crippen LogP contribution in [0.1, 0.15) is 15.9 Å². The van der Waals surface area contributed by atoms with Crippen molar-refractivity contribution < 1.29 is 19.8 Å². The highest BCUT2D eigenvalue weighted by atomic mass is 32.1. The summed E-state index contributed by atoms with van der Waals surface area (Å²) in [5.41, 5.74) is 12.6. The number of nitrogens with two attached hydrogens (primary N) is 2. The smallest absolute Gasteiger partial charge is 0.317 e. The van der Waals surface area contributed by atoms with Crippen molar-refractivity contribution in [3.63, 3.8) is 0 Å². The normalized spacial score (nSPS) is 10.9. The van der Waals surface area contributed by atoms with Gasteiger partial charge in [-0.15, -0.1) is 11.3 Å². The molecule has 0 bridgehead atoms. The lowest BCUT2D eigenvalue weighted by atomic mass is 10.1. The third-order valence-corrected chi connectivity index (χ3v) is 4.81. The largest absolute Gasteiger partial charge is 0.395 e. The van der Waals surface area contributed by atoms with E-state index < -0.39 is 11.9 Å². The monoisotopic (exact) mass is 378 g/mol. The van der Waals surface area contributed by atoms with E-state index in [1.54, 1.807) is 6.07 Å². The van der Waals surface area contributed by atoms with Gasteiger partial charge in [0, 0.05) is 24.5 Å². The van der Waals surface area contributed by atoms with E-state index in [1.807, 2.05) is 29.2 Å². The molecule has 26 heavy (non-hydrogen) atoms. The summed E-state index contributed by atoms with van der Waals surface area (Å²) >= 11 is 1.22. The van der Waals surface area contributed by atoms with E-state index in [0.29, 0.717) is 24.6 Å². The number of nitrogens with one attached hydrogen (secondary N) is 1. The number of hydrogen-bond acceptors (Lipinski definition) is 6. The molecule has 140 valence electrons. The minimum absolute atomic E-state index is 0.0266. The van der Waals surface area contributed by atoms with Crippen LogP contribution in [-0.2, 0) is 6.54 Å². The molecule has 0 saturated heterocycles. The van der Waals surface area contributed by atoms with E-state index in [1.165, 1.54) is 11.3 Å². The van der Waals surface area contributed by atoms with Gasteiger partial charge in [-0.3, -0.25) is 15.0 Å². The fraction of sp³-hybridized carbons (Fsp3) is 0.294. The summed E-state index contributed by atoms with van der Waals surface area (Å²) in [5.74, 6) is -0.642. The molecule has 0 aliphatic carbocycles. The first-order valence-electron chi connectivity index (χ1n) is 7.98. The lowest BCUT2D eigenvalue weighted by molar-refractivity contribution is 0.100. The van der Waals surface area contributed by atoms with Gasteiger partial charge in [-0.25, -0.2) is 4.79 Å². The van der Waals surface area contributed by atoms with Crippen LogP contribution < -0.4 is 16.8 Å². The maximum atomic E-state index is 11.5. The number of hydrogen-bond donors (Lipinski definition) is 5. The second kappa shape index (κ2) is 9.30. The topological polar surface area (TPSA) is 142 Å². The quantitative estimate of drug-likeness (QED) is 0.438. The number of aliphatic hydroxyl groups is 2. The summed E-state index contributed by atoms with van der Waals surface area (Å²) < 4.78 is 0. The van der Waals surface area contributed by atoms with Gasteiger partial charge in [0.15, 0.2) is 0 Å². The molecular formula is C17H22N4O4S. The molecule has 8 nitrogen and oxygen atoms in total. The second-order valence-electron chi connectivity index (χ2n) is 5.63. The summed E-state index contributed by atoms with van der Waals surface area (Å²) in [6.07, 6.45) is 0. The van der Waals surface area contributed by atoms with Gasteiger partial charge in [-0.2, -0.15) is 0 Å². The molecule has 9 heteroatoms. The van der Waals surface area contributed by atoms with Crippen molar-refractivity contribution in [2.75, 3.05) is 31.6 Å². The average molecular weight is 378 g/mol. The Labute approximate surface area is 155 Å². The highest BCUT2D eigenvalue weighted by Gasteiger charge is 2.16. The molecule has 3 amide bonds. The highest BCUT2D eigenvalue weighted by molar-refractivity contribution is 7.20. The Morgan fingerprint density at radius 3 is 2.19 bits per heavy atom. The predicted octanol–water partition coefficient (Wildman–Crippen LogP) is 0.791. The molecule has 0 aliphatic heterocycles. The lowest BCUT2D eigenvalue weighted by Crippen LogP contribution is -2.29. The Balaban J connectivity index is 2.19. The molecule has 0 radical (unpaired) electrons. The van der Waals surface area contributed by atoms with Crippen LogP contribution in [0.4, 0.5) is 9.80 Å². The molecule has 1 aromatic carbocycles. The van der Waals surface area contributed by atoms with Gasteiger partial charge in [-0.1, -0.05) is 24.3 Å². The lowest BCUT2D eigenvalue weighted by Gasteiger charge is -2.20. The van der Waals surface area contributed by atoms with Gasteiger partial charge in [0.05, 0.1) is 18.8 Å². The predicted molar refractivity (Wildman–Crippen MR) is 101 cm³/mol. The van der Waals surface area contributed by atoms with Crippen molar-refractivity contribution >= 4 is 28.3 Å². The molecule has 7 N–H and O–H groups in total. The molecule has 2 rings (SSSR count). The highest BCUT2D eigenvalue weighted by Crippen LogP contribution is 2.35. The van der Waals surface area contributed by atoms with Crippen molar-refractivity contribution in [3.8, 4) is 10.4 Å². The van der Waals surface area contributed by atoms with E-state index in [0.717, 1.165) is 16.0 Å². The van der Waals surface area contributed by atoms with Crippen molar-refractivity contribution in [3.05, 3.63) is 41.5 Å². The molecule has 0 aliphatic rings.